The fraction of sp³-hybridized carbons (Fsp3) is 0.909. The number of aliphatic imine (C=N–C) groups is 1. The molecule has 16 heavy (non-hydrogen) atoms. The average molecular weight is 229 g/mol. The molecule has 0 radical (unpaired) electrons. The number of nitrogens with zero attached hydrogens (tertiary/aromatic N) is 2. The van der Waals surface area contributed by atoms with Crippen molar-refractivity contribution in [3.8, 4) is 0 Å². The first-order valence-electron chi connectivity index (χ1n) is 5.81. The van der Waals surface area contributed by atoms with E-state index in [1.165, 1.54) is 0 Å². The van der Waals surface area contributed by atoms with Gasteiger partial charge in [-0.3, -0.25) is 4.99 Å². The van der Waals surface area contributed by atoms with Gasteiger partial charge < -0.3 is 15.6 Å². The van der Waals surface area contributed by atoms with Gasteiger partial charge in [0.05, 0.1) is 6.73 Å². The Labute approximate surface area is 97.3 Å². The smallest absolute Gasteiger partial charge is 0.113 e. The van der Waals surface area contributed by atoms with Crippen molar-refractivity contribution in [1.82, 2.24) is 4.90 Å². The molecule has 1 aliphatic rings. The summed E-state index contributed by atoms with van der Waals surface area (Å²) in [5.74, 6) is 0. The Kier molecular flexibility index (Phi) is 4.86. The number of hydrogen-bond acceptors (Lipinski definition) is 5. The van der Waals surface area contributed by atoms with Gasteiger partial charge in [0.2, 0.25) is 0 Å². The highest BCUT2D eigenvalue weighted by Gasteiger charge is 2.42. The zero-order chi connectivity index (χ0) is 12.2. The van der Waals surface area contributed by atoms with Gasteiger partial charge >= 0.3 is 0 Å². The van der Waals surface area contributed by atoms with Gasteiger partial charge in [0.15, 0.2) is 0 Å². The molecule has 0 saturated carbocycles. The van der Waals surface area contributed by atoms with E-state index in [0.29, 0.717) is 0 Å². The number of ether oxygens (including phenoxy) is 1. The van der Waals surface area contributed by atoms with Crippen LogP contribution in [0.5, 0.6) is 0 Å². The van der Waals surface area contributed by atoms with Gasteiger partial charge in [-0.2, -0.15) is 0 Å². The zero-order valence-corrected chi connectivity index (χ0v) is 10.4. The van der Waals surface area contributed by atoms with Gasteiger partial charge in [0, 0.05) is 19.4 Å². The monoisotopic (exact) mass is 229 g/mol. The van der Waals surface area contributed by atoms with Crippen LogP contribution in [0.1, 0.15) is 33.1 Å². The van der Waals surface area contributed by atoms with Crippen molar-refractivity contribution < 1.29 is 9.84 Å². The van der Waals surface area contributed by atoms with Crippen LogP contribution in [-0.2, 0) is 4.74 Å². The third-order valence-corrected chi connectivity index (χ3v) is 3.24. The third kappa shape index (κ3) is 2.79. The molecule has 5 heteroatoms. The minimum absolute atomic E-state index is 0.110. The maximum Gasteiger partial charge on any atom is 0.113 e. The third-order valence-electron chi connectivity index (χ3n) is 3.24. The van der Waals surface area contributed by atoms with Crippen LogP contribution in [0.25, 0.3) is 0 Å². The second-order valence-corrected chi connectivity index (χ2v) is 4.37. The summed E-state index contributed by atoms with van der Waals surface area (Å²) in [5.41, 5.74) is 5.55. The van der Waals surface area contributed by atoms with Crippen molar-refractivity contribution >= 4 is 6.21 Å². The number of rotatable bonds is 5. The predicted octanol–water partition coefficient (Wildman–Crippen LogP) is 0.529. The van der Waals surface area contributed by atoms with Crippen LogP contribution >= 0.6 is 0 Å². The zero-order valence-electron chi connectivity index (χ0n) is 10.4. The lowest BCUT2D eigenvalue weighted by Gasteiger charge is -2.32. The second kappa shape index (κ2) is 5.72. The first-order chi connectivity index (χ1) is 7.57. The van der Waals surface area contributed by atoms with Gasteiger partial charge in [-0.15, -0.1) is 0 Å². The van der Waals surface area contributed by atoms with E-state index in [1.54, 1.807) is 18.2 Å². The maximum absolute atomic E-state index is 9.33. The molecule has 0 aromatic heterocycles. The van der Waals surface area contributed by atoms with Gasteiger partial charge in [0.25, 0.3) is 0 Å². The maximum atomic E-state index is 9.33. The molecule has 1 fully saturated rings. The van der Waals surface area contributed by atoms with Gasteiger partial charge in [-0.25, -0.2) is 4.90 Å². The summed E-state index contributed by atoms with van der Waals surface area (Å²) < 4.78 is 5.27. The predicted molar refractivity (Wildman–Crippen MR) is 64.1 cm³/mol. The first kappa shape index (κ1) is 13.6. The summed E-state index contributed by atoms with van der Waals surface area (Å²) in [4.78, 5) is 6.14. The summed E-state index contributed by atoms with van der Waals surface area (Å²) in [7, 11) is 1.63. The second-order valence-electron chi connectivity index (χ2n) is 4.37. The van der Waals surface area contributed by atoms with E-state index in [0.717, 1.165) is 19.3 Å². The molecule has 1 rings (SSSR count). The molecule has 0 spiro atoms. The van der Waals surface area contributed by atoms with E-state index < -0.39 is 5.66 Å². The topological polar surface area (TPSA) is 71.1 Å². The Balaban J connectivity index is 2.72. The van der Waals surface area contributed by atoms with E-state index in [-0.39, 0.29) is 19.0 Å². The van der Waals surface area contributed by atoms with Crippen LogP contribution in [0.15, 0.2) is 4.99 Å². The molecule has 0 amide bonds. The number of aliphatic hydroxyl groups excluding tert-OH is 1. The molecule has 94 valence electrons. The largest absolute Gasteiger partial charge is 0.381 e. The van der Waals surface area contributed by atoms with Crippen molar-refractivity contribution in [2.45, 2.75) is 51.0 Å². The molecule has 0 bridgehead atoms. The highest BCUT2D eigenvalue weighted by molar-refractivity contribution is 5.70. The molecule has 5 nitrogen and oxygen atoms in total. The molecule has 3 atom stereocenters. The quantitative estimate of drug-likeness (QED) is 0.675. The highest BCUT2D eigenvalue weighted by Crippen LogP contribution is 2.28. The van der Waals surface area contributed by atoms with E-state index in [2.05, 4.69) is 11.9 Å². The van der Waals surface area contributed by atoms with E-state index in [4.69, 9.17) is 10.5 Å². The molecule has 1 aliphatic heterocycles. The normalized spacial score (nSPS) is 33.7. The van der Waals surface area contributed by atoms with Gasteiger partial charge in [-0.05, 0) is 26.2 Å². The minimum atomic E-state index is -0.668. The Morgan fingerprint density at radius 3 is 2.94 bits per heavy atom. The molecule has 3 N–H and O–H groups in total. The van der Waals surface area contributed by atoms with Crippen LogP contribution < -0.4 is 5.73 Å². The molecular formula is C11H23N3O2. The molecule has 0 aromatic carbocycles. The van der Waals surface area contributed by atoms with Crippen LogP contribution in [0.4, 0.5) is 0 Å². The lowest BCUT2D eigenvalue weighted by Crippen LogP contribution is -2.56. The van der Waals surface area contributed by atoms with E-state index in [1.807, 2.05) is 6.92 Å². The van der Waals surface area contributed by atoms with Crippen molar-refractivity contribution in [2.24, 2.45) is 10.7 Å². The fourth-order valence-corrected chi connectivity index (χ4v) is 1.89. The SMILES string of the molecule is CCC(C)/N=C\[C@]1(N)CCC(OC)N1CO. The summed E-state index contributed by atoms with van der Waals surface area (Å²) >= 11 is 0. The first-order valence-corrected chi connectivity index (χ1v) is 5.81. The van der Waals surface area contributed by atoms with Gasteiger partial charge in [0.1, 0.15) is 11.9 Å². The summed E-state index contributed by atoms with van der Waals surface area (Å²) in [6.45, 7) is 4.02. The van der Waals surface area contributed by atoms with Crippen molar-refractivity contribution in [2.75, 3.05) is 13.8 Å². The molecule has 0 aromatic rings. The molecule has 0 aliphatic carbocycles. The van der Waals surface area contributed by atoms with Crippen LogP contribution in [-0.4, -0.2) is 48.0 Å². The fourth-order valence-electron chi connectivity index (χ4n) is 1.89. The van der Waals surface area contributed by atoms with Crippen LogP contribution in [0, 0.1) is 0 Å². The number of likely N-dealkylation sites (tertiary alicyclic amines) is 1. The lowest BCUT2D eigenvalue weighted by molar-refractivity contribution is -0.0711. The highest BCUT2D eigenvalue weighted by atomic mass is 16.5. The van der Waals surface area contributed by atoms with E-state index in [9.17, 15) is 5.11 Å². The Morgan fingerprint density at radius 1 is 1.75 bits per heavy atom. The Morgan fingerprint density at radius 2 is 2.44 bits per heavy atom. The number of aliphatic hydroxyl groups is 1. The summed E-state index contributed by atoms with van der Waals surface area (Å²) in [6.07, 6.45) is 4.21. The average Bonchev–Trinajstić information content (AvgIpc) is 2.63. The van der Waals surface area contributed by atoms with Gasteiger partial charge in [-0.1, -0.05) is 6.92 Å². The molecule has 2 unspecified atom stereocenters. The molecule has 1 saturated heterocycles. The number of hydrogen-bond donors (Lipinski definition) is 2. The van der Waals surface area contributed by atoms with Crippen molar-refractivity contribution in [3.05, 3.63) is 0 Å². The minimum Gasteiger partial charge on any atom is -0.381 e. The Hall–Kier alpha value is -0.490. The van der Waals surface area contributed by atoms with Crippen LogP contribution in [0.2, 0.25) is 0 Å². The number of methoxy groups -OCH3 is 1. The molecule has 1 heterocycles. The summed E-state index contributed by atoms with van der Waals surface area (Å²) in [5, 5.41) is 9.33. The standard InChI is InChI=1S/C11H23N3O2/c1-4-9(2)13-7-11(12)6-5-10(16-3)14(11)8-15/h7,9-10,15H,4-6,8,12H2,1-3H3/b13-7-/t9?,10?,11-/m0/s1. The lowest BCUT2D eigenvalue weighted by atomic mass is 10.1. The number of nitrogens with two attached hydrogens (primary N) is 1. The Bertz CT molecular complexity index is 247. The summed E-state index contributed by atoms with van der Waals surface area (Å²) in [6, 6.07) is 0.266. The van der Waals surface area contributed by atoms with Crippen molar-refractivity contribution in [1.29, 1.82) is 0 Å². The van der Waals surface area contributed by atoms with E-state index >= 15 is 0 Å². The van der Waals surface area contributed by atoms with Crippen molar-refractivity contribution in [3.63, 3.8) is 0 Å². The molecular weight excluding hydrogens is 206 g/mol. The van der Waals surface area contributed by atoms with Crippen LogP contribution in [0.3, 0.4) is 0 Å².